The van der Waals surface area contributed by atoms with Crippen LogP contribution in [0, 0.1) is 0 Å². The highest BCUT2D eigenvalue weighted by atomic mass is 32.2. The zero-order valence-electron chi connectivity index (χ0n) is 9.04. The maximum Gasteiger partial charge on any atom is 0.210 e. The summed E-state index contributed by atoms with van der Waals surface area (Å²) in [6, 6.07) is -0.222. The van der Waals surface area contributed by atoms with Crippen molar-refractivity contribution in [2.45, 2.75) is 12.5 Å². The summed E-state index contributed by atoms with van der Waals surface area (Å²) in [6.07, 6.45) is 1.16. The van der Waals surface area contributed by atoms with E-state index in [0.717, 1.165) is 0 Å². The van der Waals surface area contributed by atoms with Gasteiger partial charge in [0, 0.05) is 12.6 Å². The summed E-state index contributed by atoms with van der Waals surface area (Å²) < 4.78 is 27.5. The number of rotatable bonds is 7. The van der Waals surface area contributed by atoms with E-state index in [1.807, 2.05) is 0 Å². The topological polar surface area (TPSA) is 83.9 Å². The van der Waals surface area contributed by atoms with E-state index < -0.39 is 9.84 Å². The van der Waals surface area contributed by atoms with E-state index in [9.17, 15) is 13.2 Å². The number of nitrogens with zero attached hydrogens (tertiary/aromatic N) is 1. The zero-order chi connectivity index (χ0) is 12.0. The van der Waals surface area contributed by atoms with Crippen LogP contribution in [0.15, 0.2) is 0 Å². The molecule has 1 rings (SSSR count). The van der Waals surface area contributed by atoms with Crippen molar-refractivity contribution < 1.29 is 23.1 Å². The Kier molecular flexibility index (Phi) is 5.17. The Balaban J connectivity index is 2.34. The molecule has 7 heteroatoms. The predicted molar refractivity (Wildman–Crippen MR) is 57.7 cm³/mol. The molecule has 16 heavy (non-hydrogen) atoms. The lowest BCUT2D eigenvalue weighted by molar-refractivity contribution is -0.120. The van der Waals surface area contributed by atoms with Crippen molar-refractivity contribution in [1.29, 1.82) is 0 Å². The van der Waals surface area contributed by atoms with Crippen LogP contribution in [0.1, 0.15) is 6.42 Å². The molecule has 0 aromatic heterocycles. The summed E-state index contributed by atoms with van der Waals surface area (Å²) in [5.74, 6) is 0.200. The molecule has 0 aliphatic carbocycles. The van der Waals surface area contributed by atoms with Crippen molar-refractivity contribution >= 4 is 16.2 Å². The first-order valence-corrected chi connectivity index (χ1v) is 7.01. The Labute approximate surface area is 95.1 Å². The fourth-order valence-corrected chi connectivity index (χ4v) is 3.44. The number of aliphatic hydroxyl groups excluding tert-OH is 1. The summed E-state index contributed by atoms with van der Waals surface area (Å²) in [4.78, 5) is 12.3. The predicted octanol–water partition coefficient (Wildman–Crippen LogP) is -1.36. The second kappa shape index (κ2) is 6.17. The molecule has 0 saturated carbocycles. The van der Waals surface area contributed by atoms with E-state index in [1.54, 1.807) is 0 Å². The molecule has 1 fully saturated rings. The third kappa shape index (κ3) is 4.07. The van der Waals surface area contributed by atoms with E-state index in [-0.39, 0.29) is 30.8 Å². The summed E-state index contributed by atoms with van der Waals surface area (Å²) in [5, 5.41) is 8.48. The first-order valence-electron chi connectivity index (χ1n) is 5.19. The largest absolute Gasteiger partial charge is 0.394 e. The summed E-state index contributed by atoms with van der Waals surface area (Å²) in [6.45, 7) is 0.855. The van der Waals surface area contributed by atoms with Crippen LogP contribution in [-0.2, 0) is 19.4 Å². The fourth-order valence-electron chi connectivity index (χ4n) is 1.69. The zero-order valence-corrected chi connectivity index (χ0v) is 9.86. The first-order chi connectivity index (χ1) is 7.59. The molecular weight excluding hydrogens is 234 g/mol. The van der Waals surface area contributed by atoms with Gasteiger partial charge in [0.15, 0.2) is 9.84 Å². The molecule has 0 bridgehead atoms. The monoisotopic (exact) mass is 251 g/mol. The van der Waals surface area contributed by atoms with Gasteiger partial charge in [-0.3, -0.25) is 4.79 Å². The van der Waals surface area contributed by atoms with Crippen molar-refractivity contribution in [2.24, 2.45) is 0 Å². The van der Waals surface area contributed by atoms with Crippen molar-refractivity contribution in [3.8, 4) is 0 Å². The standard InChI is InChI=1S/C9H17NO5S/c11-3-5-15-4-2-10(8-12)9-1-6-16(13,14)7-9/h8-9,11H,1-7H2/t9-/m0/s1. The van der Waals surface area contributed by atoms with Gasteiger partial charge in [-0.25, -0.2) is 8.42 Å². The van der Waals surface area contributed by atoms with E-state index in [4.69, 9.17) is 9.84 Å². The molecule has 1 aliphatic rings. The Morgan fingerprint density at radius 2 is 2.19 bits per heavy atom. The average molecular weight is 251 g/mol. The van der Waals surface area contributed by atoms with E-state index in [2.05, 4.69) is 0 Å². The van der Waals surface area contributed by atoms with E-state index in [1.165, 1.54) is 4.90 Å². The van der Waals surface area contributed by atoms with Crippen molar-refractivity contribution in [3.05, 3.63) is 0 Å². The minimum Gasteiger partial charge on any atom is -0.394 e. The van der Waals surface area contributed by atoms with Crippen LogP contribution in [0.25, 0.3) is 0 Å². The third-order valence-electron chi connectivity index (χ3n) is 2.54. The van der Waals surface area contributed by atoms with E-state index in [0.29, 0.717) is 26.0 Å². The van der Waals surface area contributed by atoms with E-state index >= 15 is 0 Å². The van der Waals surface area contributed by atoms with Crippen LogP contribution in [0.2, 0.25) is 0 Å². The second-order valence-corrected chi connectivity index (χ2v) is 5.96. The molecular formula is C9H17NO5S. The van der Waals surface area contributed by atoms with Crippen molar-refractivity contribution in [3.63, 3.8) is 0 Å². The molecule has 0 unspecified atom stereocenters. The van der Waals surface area contributed by atoms with Gasteiger partial charge in [-0.05, 0) is 6.42 Å². The van der Waals surface area contributed by atoms with Gasteiger partial charge >= 0.3 is 0 Å². The Bertz CT molecular complexity index is 316. The van der Waals surface area contributed by atoms with Crippen molar-refractivity contribution in [2.75, 3.05) is 37.9 Å². The van der Waals surface area contributed by atoms with Crippen LogP contribution in [0.3, 0.4) is 0 Å². The molecule has 6 nitrogen and oxygen atoms in total. The number of sulfone groups is 1. The Morgan fingerprint density at radius 1 is 1.44 bits per heavy atom. The SMILES string of the molecule is O=CN(CCOCCO)[C@H]1CCS(=O)(=O)C1. The number of ether oxygens (including phenoxy) is 1. The highest BCUT2D eigenvalue weighted by Gasteiger charge is 2.31. The highest BCUT2D eigenvalue weighted by Crippen LogP contribution is 2.16. The first kappa shape index (κ1) is 13.4. The lowest BCUT2D eigenvalue weighted by Gasteiger charge is -2.23. The normalized spacial score (nSPS) is 23.2. The molecule has 0 aromatic rings. The maximum absolute atomic E-state index is 11.2. The molecule has 0 radical (unpaired) electrons. The molecule has 1 heterocycles. The molecule has 0 spiro atoms. The van der Waals surface area contributed by atoms with Gasteiger partial charge in [-0.15, -0.1) is 0 Å². The van der Waals surface area contributed by atoms with Gasteiger partial charge in [0.25, 0.3) is 0 Å². The van der Waals surface area contributed by atoms with Gasteiger partial charge in [0.1, 0.15) is 0 Å². The number of hydrogen-bond acceptors (Lipinski definition) is 5. The average Bonchev–Trinajstić information content (AvgIpc) is 2.59. The van der Waals surface area contributed by atoms with Crippen LogP contribution in [0.5, 0.6) is 0 Å². The van der Waals surface area contributed by atoms with Gasteiger partial charge in [0.2, 0.25) is 6.41 Å². The number of hydrogen-bond donors (Lipinski definition) is 1. The number of amides is 1. The maximum atomic E-state index is 11.2. The third-order valence-corrected chi connectivity index (χ3v) is 4.29. The summed E-state index contributed by atoms with van der Waals surface area (Å²) >= 11 is 0. The summed E-state index contributed by atoms with van der Waals surface area (Å²) in [7, 11) is -2.97. The molecule has 1 N–H and O–H groups in total. The molecule has 1 aliphatic heterocycles. The van der Waals surface area contributed by atoms with Gasteiger partial charge in [0.05, 0.1) is 31.3 Å². The van der Waals surface area contributed by atoms with Gasteiger partial charge in [-0.1, -0.05) is 0 Å². The van der Waals surface area contributed by atoms with Gasteiger partial charge < -0.3 is 14.7 Å². The summed E-state index contributed by atoms with van der Waals surface area (Å²) in [5.41, 5.74) is 0. The molecule has 1 atom stereocenters. The number of carbonyl (C=O) groups excluding carboxylic acids is 1. The number of aliphatic hydroxyl groups is 1. The molecule has 94 valence electrons. The van der Waals surface area contributed by atoms with Crippen LogP contribution < -0.4 is 0 Å². The molecule has 1 amide bonds. The molecule has 0 aromatic carbocycles. The minimum absolute atomic E-state index is 0.0474. The smallest absolute Gasteiger partial charge is 0.210 e. The Hall–Kier alpha value is -0.660. The Morgan fingerprint density at radius 3 is 2.69 bits per heavy atom. The molecule has 1 saturated heterocycles. The lowest BCUT2D eigenvalue weighted by Crippen LogP contribution is -2.37. The lowest BCUT2D eigenvalue weighted by atomic mass is 10.2. The van der Waals surface area contributed by atoms with Crippen molar-refractivity contribution in [1.82, 2.24) is 4.90 Å². The number of carbonyl (C=O) groups is 1. The van der Waals surface area contributed by atoms with Crippen LogP contribution >= 0.6 is 0 Å². The van der Waals surface area contributed by atoms with Crippen LogP contribution in [0.4, 0.5) is 0 Å². The highest BCUT2D eigenvalue weighted by molar-refractivity contribution is 7.91. The van der Waals surface area contributed by atoms with Gasteiger partial charge in [-0.2, -0.15) is 0 Å². The second-order valence-electron chi connectivity index (χ2n) is 3.74. The minimum atomic E-state index is -2.97. The quantitative estimate of drug-likeness (QED) is 0.446. The fraction of sp³-hybridized carbons (Fsp3) is 0.889. The van der Waals surface area contributed by atoms with Crippen LogP contribution in [-0.4, -0.2) is 68.7 Å².